The van der Waals surface area contributed by atoms with Crippen molar-refractivity contribution in [1.29, 1.82) is 0 Å². The number of H-pyrrole nitrogens is 1. The number of anilines is 1. The molecule has 3 rings (SSSR count). The van der Waals surface area contributed by atoms with Gasteiger partial charge in [-0.3, -0.25) is 4.31 Å². The molecule has 7 heteroatoms. The third-order valence-corrected chi connectivity index (χ3v) is 5.71. The molecule has 0 atom stereocenters. The minimum atomic E-state index is -3.75. The van der Waals surface area contributed by atoms with Crippen LogP contribution in [0.25, 0.3) is 11.0 Å². The van der Waals surface area contributed by atoms with E-state index >= 15 is 0 Å². The Labute approximate surface area is 141 Å². The molecule has 0 saturated heterocycles. The van der Waals surface area contributed by atoms with E-state index in [1.807, 2.05) is 19.9 Å². The molecule has 2 aromatic carbocycles. The Morgan fingerprint density at radius 1 is 1.12 bits per heavy atom. The average Bonchev–Trinajstić information content (AvgIpc) is 2.93. The summed E-state index contributed by atoms with van der Waals surface area (Å²) in [4.78, 5) is 7.60. The van der Waals surface area contributed by atoms with Crippen LogP contribution in [-0.2, 0) is 10.0 Å². The van der Waals surface area contributed by atoms with Crippen molar-refractivity contribution in [2.45, 2.75) is 18.7 Å². The quantitative estimate of drug-likeness (QED) is 0.789. The van der Waals surface area contributed by atoms with Gasteiger partial charge in [-0.15, -0.1) is 0 Å². The maximum absolute atomic E-state index is 13.0. The van der Waals surface area contributed by atoms with Crippen LogP contribution in [0.2, 0.25) is 0 Å². The number of benzene rings is 2. The molecular weight excluding hydrogens is 326 g/mol. The highest BCUT2D eigenvalue weighted by Crippen LogP contribution is 2.30. The van der Waals surface area contributed by atoms with Gasteiger partial charge in [0.1, 0.15) is 16.5 Å². The molecule has 1 aromatic heterocycles. The molecule has 6 nitrogen and oxygen atoms in total. The lowest BCUT2D eigenvalue weighted by Crippen LogP contribution is -2.27. The van der Waals surface area contributed by atoms with E-state index in [0.29, 0.717) is 11.4 Å². The van der Waals surface area contributed by atoms with E-state index in [1.54, 1.807) is 30.3 Å². The molecule has 24 heavy (non-hydrogen) atoms. The van der Waals surface area contributed by atoms with Gasteiger partial charge in [0.25, 0.3) is 10.0 Å². The number of aromatic amines is 1. The first-order valence-electron chi connectivity index (χ1n) is 7.43. The second-order valence-electron chi connectivity index (χ2n) is 5.65. The number of ether oxygens (including phenoxy) is 1. The number of imidazole rings is 1. The predicted octanol–water partition coefficient (Wildman–Crippen LogP) is 3.01. The van der Waals surface area contributed by atoms with Crippen molar-refractivity contribution in [3.8, 4) is 5.75 Å². The number of rotatable bonds is 4. The number of nitrogens with one attached hydrogen (secondary N) is 1. The van der Waals surface area contributed by atoms with Crippen molar-refractivity contribution >= 4 is 26.7 Å². The van der Waals surface area contributed by atoms with Crippen LogP contribution in [0.3, 0.4) is 0 Å². The molecular formula is C17H19N3O3S. The number of sulfonamides is 1. The van der Waals surface area contributed by atoms with Gasteiger partial charge in [0.2, 0.25) is 0 Å². The van der Waals surface area contributed by atoms with Gasteiger partial charge in [-0.1, -0.05) is 6.07 Å². The third kappa shape index (κ3) is 2.71. The van der Waals surface area contributed by atoms with Crippen LogP contribution in [0.5, 0.6) is 5.75 Å². The lowest BCUT2D eigenvalue weighted by atomic mass is 10.2. The van der Waals surface area contributed by atoms with E-state index in [0.717, 1.165) is 22.4 Å². The van der Waals surface area contributed by atoms with Gasteiger partial charge in [0.15, 0.2) is 0 Å². The van der Waals surface area contributed by atoms with Gasteiger partial charge in [0, 0.05) is 7.05 Å². The first-order chi connectivity index (χ1) is 11.3. The second-order valence-corrected chi connectivity index (χ2v) is 7.59. The Kier molecular flexibility index (Phi) is 3.96. The molecule has 0 aliphatic heterocycles. The Balaban J connectivity index is 2.09. The Hall–Kier alpha value is -2.54. The first kappa shape index (κ1) is 16.3. The highest BCUT2D eigenvalue weighted by Gasteiger charge is 2.25. The molecule has 0 saturated carbocycles. The lowest BCUT2D eigenvalue weighted by Gasteiger charge is -2.21. The summed E-state index contributed by atoms with van der Waals surface area (Å²) in [5.41, 5.74) is 3.00. The zero-order valence-electron chi connectivity index (χ0n) is 14.0. The minimum absolute atomic E-state index is 0.147. The number of hydrogen-bond acceptors (Lipinski definition) is 4. The minimum Gasteiger partial charge on any atom is -0.495 e. The van der Waals surface area contributed by atoms with E-state index in [1.165, 1.54) is 18.5 Å². The smallest absolute Gasteiger partial charge is 0.267 e. The second kappa shape index (κ2) is 5.83. The standard InChI is InChI=1S/C17H19N3O3S/c1-11-5-8-16(23-4)17(9-11)24(21,22)20(3)13-6-7-14-15(10-13)19-12(2)18-14/h5-10H,1-4H3,(H,18,19). The molecule has 0 spiro atoms. The van der Waals surface area contributed by atoms with Crippen LogP contribution in [-0.4, -0.2) is 32.5 Å². The van der Waals surface area contributed by atoms with Crippen LogP contribution in [0, 0.1) is 13.8 Å². The number of aromatic nitrogens is 2. The molecule has 126 valence electrons. The van der Waals surface area contributed by atoms with Crippen molar-refractivity contribution < 1.29 is 13.2 Å². The van der Waals surface area contributed by atoms with E-state index in [9.17, 15) is 8.42 Å². The van der Waals surface area contributed by atoms with Gasteiger partial charge in [-0.2, -0.15) is 0 Å². The molecule has 0 bridgehead atoms. The molecule has 1 heterocycles. The number of aryl methyl sites for hydroxylation is 2. The summed E-state index contributed by atoms with van der Waals surface area (Å²) in [6.45, 7) is 3.70. The fourth-order valence-corrected chi connectivity index (χ4v) is 4.02. The highest BCUT2D eigenvalue weighted by molar-refractivity contribution is 7.92. The fraction of sp³-hybridized carbons (Fsp3) is 0.235. The van der Waals surface area contributed by atoms with Crippen molar-refractivity contribution in [1.82, 2.24) is 9.97 Å². The van der Waals surface area contributed by atoms with Crippen LogP contribution < -0.4 is 9.04 Å². The molecule has 0 fully saturated rings. The fourth-order valence-electron chi connectivity index (χ4n) is 2.59. The van der Waals surface area contributed by atoms with Crippen molar-refractivity contribution in [3.05, 3.63) is 47.8 Å². The summed E-state index contributed by atoms with van der Waals surface area (Å²) >= 11 is 0. The summed E-state index contributed by atoms with van der Waals surface area (Å²) in [6, 6.07) is 10.4. The summed E-state index contributed by atoms with van der Waals surface area (Å²) in [5, 5.41) is 0. The summed E-state index contributed by atoms with van der Waals surface area (Å²) in [7, 11) is -0.754. The maximum Gasteiger partial charge on any atom is 0.267 e. The summed E-state index contributed by atoms with van der Waals surface area (Å²) in [5.74, 6) is 1.11. The van der Waals surface area contributed by atoms with Gasteiger partial charge >= 0.3 is 0 Å². The predicted molar refractivity (Wildman–Crippen MR) is 94.2 cm³/mol. The van der Waals surface area contributed by atoms with Crippen molar-refractivity contribution in [2.24, 2.45) is 0 Å². The van der Waals surface area contributed by atoms with Gasteiger partial charge in [0.05, 0.1) is 23.8 Å². The molecule has 0 aliphatic carbocycles. The average molecular weight is 345 g/mol. The zero-order chi connectivity index (χ0) is 17.5. The van der Waals surface area contributed by atoms with E-state index < -0.39 is 10.0 Å². The van der Waals surface area contributed by atoms with Gasteiger partial charge < -0.3 is 9.72 Å². The SMILES string of the molecule is COc1ccc(C)cc1S(=O)(=O)N(C)c1ccc2nc(C)[nH]c2c1. The third-order valence-electron chi connectivity index (χ3n) is 3.91. The zero-order valence-corrected chi connectivity index (χ0v) is 14.8. The van der Waals surface area contributed by atoms with Crippen LogP contribution in [0.15, 0.2) is 41.3 Å². The van der Waals surface area contributed by atoms with E-state index in [-0.39, 0.29) is 4.90 Å². The van der Waals surface area contributed by atoms with Crippen LogP contribution in [0.1, 0.15) is 11.4 Å². The number of hydrogen-bond donors (Lipinski definition) is 1. The molecule has 0 unspecified atom stereocenters. The molecule has 1 N–H and O–H groups in total. The highest BCUT2D eigenvalue weighted by atomic mass is 32.2. The Bertz CT molecular complexity index is 1010. The topological polar surface area (TPSA) is 75.3 Å². The first-order valence-corrected chi connectivity index (χ1v) is 8.87. The maximum atomic E-state index is 13.0. The monoisotopic (exact) mass is 345 g/mol. The van der Waals surface area contributed by atoms with Gasteiger partial charge in [-0.25, -0.2) is 13.4 Å². The van der Waals surface area contributed by atoms with Crippen LogP contribution in [0.4, 0.5) is 5.69 Å². The number of nitrogens with zero attached hydrogens (tertiary/aromatic N) is 2. The van der Waals surface area contributed by atoms with Crippen LogP contribution >= 0.6 is 0 Å². The molecule has 0 radical (unpaired) electrons. The van der Waals surface area contributed by atoms with E-state index in [4.69, 9.17) is 4.74 Å². The largest absolute Gasteiger partial charge is 0.495 e. The Morgan fingerprint density at radius 2 is 1.88 bits per heavy atom. The summed E-state index contributed by atoms with van der Waals surface area (Å²) in [6.07, 6.45) is 0. The van der Waals surface area contributed by atoms with E-state index in [2.05, 4.69) is 9.97 Å². The molecule has 3 aromatic rings. The molecule has 0 aliphatic rings. The Morgan fingerprint density at radius 3 is 2.58 bits per heavy atom. The number of fused-ring (bicyclic) bond motifs is 1. The van der Waals surface area contributed by atoms with Crippen molar-refractivity contribution in [2.75, 3.05) is 18.5 Å². The van der Waals surface area contributed by atoms with Crippen molar-refractivity contribution in [3.63, 3.8) is 0 Å². The normalized spacial score (nSPS) is 11.7. The number of methoxy groups -OCH3 is 1. The lowest BCUT2D eigenvalue weighted by molar-refractivity contribution is 0.402. The van der Waals surface area contributed by atoms with Gasteiger partial charge in [-0.05, 0) is 49.7 Å². The summed E-state index contributed by atoms with van der Waals surface area (Å²) < 4.78 is 32.5. The molecule has 0 amide bonds.